The first-order valence-corrected chi connectivity index (χ1v) is 11.6. The highest BCUT2D eigenvalue weighted by Crippen LogP contribution is 2.34. The summed E-state index contributed by atoms with van der Waals surface area (Å²) in [5.41, 5.74) is 1.49. The standard InChI is InChI=1S/C19H26BrN3O2S/c1-23(2)12-13-4-7-15(8-5-13)22-19-16-10-14(20)6-9-17(16)21-11-18(19)26(3,24)25/h6,9-11,13,15H,4-5,7-8,12H2,1-3H3,(H,21,22). The second kappa shape index (κ2) is 7.82. The molecule has 0 amide bonds. The van der Waals surface area contributed by atoms with Crippen molar-refractivity contribution < 1.29 is 8.42 Å². The van der Waals surface area contributed by atoms with Gasteiger partial charge in [0, 0.05) is 34.9 Å². The highest BCUT2D eigenvalue weighted by atomic mass is 79.9. The molecule has 1 heterocycles. The van der Waals surface area contributed by atoms with Crippen molar-refractivity contribution in [2.45, 2.75) is 36.6 Å². The summed E-state index contributed by atoms with van der Waals surface area (Å²) in [6, 6.07) is 6.06. The number of hydrogen-bond acceptors (Lipinski definition) is 5. The number of aromatic nitrogens is 1. The monoisotopic (exact) mass is 439 g/mol. The Labute approximate surface area is 164 Å². The zero-order valence-electron chi connectivity index (χ0n) is 15.5. The summed E-state index contributed by atoms with van der Waals surface area (Å²) in [4.78, 5) is 6.86. The minimum Gasteiger partial charge on any atom is -0.381 e. The molecule has 0 radical (unpaired) electrons. The minimum atomic E-state index is -3.36. The van der Waals surface area contributed by atoms with E-state index in [-0.39, 0.29) is 4.90 Å². The summed E-state index contributed by atoms with van der Waals surface area (Å²) in [6.45, 7) is 1.12. The number of pyridine rings is 1. The van der Waals surface area contributed by atoms with Crippen molar-refractivity contribution in [2.75, 3.05) is 32.2 Å². The third kappa shape index (κ3) is 4.56. The van der Waals surface area contributed by atoms with Crippen LogP contribution in [-0.4, -0.2) is 51.2 Å². The Kier molecular flexibility index (Phi) is 5.89. The van der Waals surface area contributed by atoms with E-state index in [0.717, 1.165) is 53.5 Å². The van der Waals surface area contributed by atoms with Gasteiger partial charge in [-0.05, 0) is 63.9 Å². The van der Waals surface area contributed by atoms with Gasteiger partial charge in [-0.15, -0.1) is 0 Å². The van der Waals surface area contributed by atoms with E-state index in [9.17, 15) is 8.42 Å². The van der Waals surface area contributed by atoms with Gasteiger partial charge in [0.25, 0.3) is 0 Å². The number of hydrogen-bond donors (Lipinski definition) is 1. The largest absolute Gasteiger partial charge is 0.381 e. The van der Waals surface area contributed by atoms with Gasteiger partial charge in [0.2, 0.25) is 0 Å². The normalized spacial score (nSPS) is 21.3. The molecule has 1 aliphatic carbocycles. The summed E-state index contributed by atoms with van der Waals surface area (Å²) in [5, 5.41) is 4.39. The molecule has 0 aliphatic heterocycles. The van der Waals surface area contributed by atoms with E-state index in [1.807, 2.05) is 18.2 Å². The molecule has 1 aromatic heterocycles. The third-order valence-electron chi connectivity index (χ3n) is 5.01. The number of nitrogens with one attached hydrogen (secondary N) is 1. The van der Waals surface area contributed by atoms with Crippen LogP contribution in [0.1, 0.15) is 25.7 Å². The van der Waals surface area contributed by atoms with Crippen LogP contribution in [0.4, 0.5) is 5.69 Å². The lowest BCUT2D eigenvalue weighted by Crippen LogP contribution is -2.31. The summed E-state index contributed by atoms with van der Waals surface area (Å²) in [5.74, 6) is 0.723. The summed E-state index contributed by atoms with van der Waals surface area (Å²) < 4.78 is 25.5. The molecule has 1 N–H and O–H groups in total. The predicted octanol–water partition coefficient (Wildman–Crippen LogP) is 3.93. The second-order valence-corrected chi connectivity index (χ2v) is 10.5. The predicted molar refractivity (Wildman–Crippen MR) is 110 cm³/mol. The first-order chi connectivity index (χ1) is 12.2. The third-order valence-corrected chi connectivity index (χ3v) is 6.61. The van der Waals surface area contributed by atoms with Gasteiger partial charge in [0.05, 0.1) is 11.2 Å². The maximum absolute atomic E-state index is 12.3. The van der Waals surface area contributed by atoms with Crippen LogP contribution < -0.4 is 5.32 Å². The van der Waals surface area contributed by atoms with Crippen LogP contribution in [0.25, 0.3) is 10.9 Å². The van der Waals surface area contributed by atoms with Gasteiger partial charge in [-0.2, -0.15) is 0 Å². The molecule has 5 nitrogen and oxygen atoms in total. The summed E-state index contributed by atoms with van der Waals surface area (Å²) in [6.07, 6.45) is 7.16. The van der Waals surface area contributed by atoms with Crippen molar-refractivity contribution in [1.29, 1.82) is 0 Å². The van der Waals surface area contributed by atoms with Crippen molar-refractivity contribution in [3.05, 3.63) is 28.9 Å². The molecule has 142 valence electrons. The average Bonchev–Trinajstić information content (AvgIpc) is 2.55. The van der Waals surface area contributed by atoms with Crippen molar-refractivity contribution in [2.24, 2.45) is 5.92 Å². The molecule has 0 atom stereocenters. The Hall–Kier alpha value is -1.18. The van der Waals surface area contributed by atoms with Crippen molar-refractivity contribution in [3.63, 3.8) is 0 Å². The lowest BCUT2D eigenvalue weighted by Gasteiger charge is -2.32. The van der Waals surface area contributed by atoms with E-state index in [0.29, 0.717) is 11.7 Å². The first kappa shape index (κ1) is 19.6. The first-order valence-electron chi connectivity index (χ1n) is 8.93. The molecule has 0 unspecified atom stereocenters. The van der Waals surface area contributed by atoms with Gasteiger partial charge in [-0.3, -0.25) is 4.98 Å². The van der Waals surface area contributed by atoms with Gasteiger partial charge in [0.15, 0.2) is 9.84 Å². The number of sulfone groups is 1. The molecule has 3 rings (SSSR count). The topological polar surface area (TPSA) is 62.3 Å². The number of anilines is 1. The molecule has 1 fully saturated rings. The zero-order chi connectivity index (χ0) is 18.9. The molecule has 1 aliphatic rings. The Balaban J connectivity index is 1.90. The number of benzene rings is 1. The van der Waals surface area contributed by atoms with Crippen molar-refractivity contribution in [1.82, 2.24) is 9.88 Å². The van der Waals surface area contributed by atoms with Gasteiger partial charge in [-0.1, -0.05) is 15.9 Å². The average molecular weight is 440 g/mol. The SMILES string of the molecule is CN(C)CC1CCC(Nc2c(S(C)(=O)=O)cnc3ccc(Br)cc23)CC1. The number of rotatable bonds is 5. The van der Waals surface area contributed by atoms with Gasteiger partial charge < -0.3 is 10.2 Å². The fraction of sp³-hybridized carbons (Fsp3) is 0.526. The lowest BCUT2D eigenvalue weighted by atomic mass is 9.85. The smallest absolute Gasteiger partial charge is 0.179 e. The Morgan fingerprint density at radius 3 is 2.54 bits per heavy atom. The van der Waals surface area contributed by atoms with Crippen molar-refractivity contribution in [3.8, 4) is 0 Å². The summed E-state index contributed by atoms with van der Waals surface area (Å²) in [7, 11) is 0.867. The van der Waals surface area contributed by atoms with Gasteiger partial charge >= 0.3 is 0 Å². The summed E-state index contributed by atoms with van der Waals surface area (Å²) >= 11 is 3.49. The number of fused-ring (bicyclic) bond motifs is 1. The fourth-order valence-corrected chi connectivity index (χ4v) is 4.93. The molecule has 2 aromatic rings. The van der Waals surface area contributed by atoms with Crippen LogP contribution in [0.15, 0.2) is 33.8 Å². The van der Waals surface area contributed by atoms with E-state index in [1.165, 1.54) is 12.5 Å². The number of nitrogens with zero attached hydrogens (tertiary/aromatic N) is 2. The molecule has 0 saturated heterocycles. The molecular weight excluding hydrogens is 414 g/mol. The van der Waals surface area contributed by atoms with E-state index < -0.39 is 9.84 Å². The van der Waals surface area contributed by atoms with E-state index >= 15 is 0 Å². The molecule has 0 spiro atoms. The zero-order valence-corrected chi connectivity index (χ0v) is 17.9. The van der Waals surface area contributed by atoms with Crippen LogP contribution in [0.2, 0.25) is 0 Å². The fourth-order valence-electron chi connectivity index (χ4n) is 3.79. The molecule has 1 saturated carbocycles. The van der Waals surface area contributed by atoms with E-state index in [2.05, 4.69) is 45.2 Å². The van der Waals surface area contributed by atoms with Gasteiger partial charge in [-0.25, -0.2) is 8.42 Å². The van der Waals surface area contributed by atoms with Gasteiger partial charge in [0.1, 0.15) is 4.90 Å². The Bertz CT molecular complexity index is 891. The Morgan fingerprint density at radius 1 is 1.23 bits per heavy atom. The van der Waals surface area contributed by atoms with E-state index in [1.54, 1.807) is 0 Å². The second-order valence-electron chi connectivity index (χ2n) is 7.56. The van der Waals surface area contributed by atoms with Crippen LogP contribution in [0.5, 0.6) is 0 Å². The van der Waals surface area contributed by atoms with Crippen LogP contribution >= 0.6 is 15.9 Å². The molecule has 0 bridgehead atoms. The Morgan fingerprint density at radius 2 is 1.92 bits per heavy atom. The quantitative estimate of drug-likeness (QED) is 0.764. The molecule has 7 heteroatoms. The highest BCUT2D eigenvalue weighted by Gasteiger charge is 2.24. The maximum Gasteiger partial charge on any atom is 0.179 e. The van der Waals surface area contributed by atoms with Crippen LogP contribution in [-0.2, 0) is 9.84 Å². The molecule has 26 heavy (non-hydrogen) atoms. The minimum absolute atomic E-state index is 0.276. The molecular formula is C19H26BrN3O2S. The van der Waals surface area contributed by atoms with Crippen LogP contribution in [0, 0.1) is 5.92 Å². The van der Waals surface area contributed by atoms with E-state index in [4.69, 9.17) is 0 Å². The lowest BCUT2D eigenvalue weighted by molar-refractivity contribution is 0.255. The van der Waals surface area contributed by atoms with Crippen LogP contribution in [0.3, 0.4) is 0 Å². The van der Waals surface area contributed by atoms with Crippen molar-refractivity contribution >= 4 is 42.4 Å². The number of halogens is 1. The molecule has 1 aromatic carbocycles. The maximum atomic E-state index is 12.3. The highest BCUT2D eigenvalue weighted by molar-refractivity contribution is 9.10.